The van der Waals surface area contributed by atoms with Crippen molar-refractivity contribution in [3.63, 3.8) is 0 Å². The standard InChI is InChI=1S/C17H29N3O/c1-6-18-17-15-12-14(21-5)8-7-13(15)11-16(17)20(4)10-9-19(2)3/h7-8,12,16-18H,6,9-11H2,1-5H3. The molecule has 21 heavy (non-hydrogen) atoms. The number of nitrogens with one attached hydrogen (secondary N) is 1. The maximum absolute atomic E-state index is 5.39. The Bertz CT molecular complexity index is 461. The van der Waals surface area contributed by atoms with Gasteiger partial charge in [-0.1, -0.05) is 13.0 Å². The lowest BCUT2D eigenvalue weighted by Gasteiger charge is -2.31. The molecule has 2 unspecified atom stereocenters. The molecule has 118 valence electrons. The molecule has 2 atom stereocenters. The number of ether oxygens (including phenoxy) is 1. The molecule has 4 heteroatoms. The SMILES string of the molecule is CCNC1c2cc(OC)ccc2CC1N(C)CCN(C)C. The molecule has 0 aromatic heterocycles. The van der Waals surface area contributed by atoms with Crippen LogP contribution in [0.2, 0.25) is 0 Å². The third-order valence-corrected chi connectivity index (χ3v) is 4.39. The topological polar surface area (TPSA) is 27.7 Å². The van der Waals surface area contributed by atoms with Gasteiger partial charge in [-0.15, -0.1) is 0 Å². The molecule has 1 aliphatic carbocycles. The van der Waals surface area contributed by atoms with Crippen LogP contribution in [0.3, 0.4) is 0 Å². The van der Waals surface area contributed by atoms with Crippen LogP contribution < -0.4 is 10.1 Å². The Labute approximate surface area is 129 Å². The molecule has 0 fully saturated rings. The van der Waals surface area contributed by atoms with E-state index in [0.717, 1.165) is 31.8 Å². The van der Waals surface area contributed by atoms with Crippen LogP contribution in [0.4, 0.5) is 0 Å². The first-order valence-corrected chi connectivity index (χ1v) is 7.82. The van der Waals surface area contributed by atoms with Gasteiger partial charge < -0.3 is 15.0 Å². The van der Waals surface area contributed by atoms with Gasteiger partial charge in [-0.2, -0.15) is 0 Å². The summed E-state index contributed by atoms with van der Waals surface area (Å²) in [4.78, 5) is 4.73. The van der Waals surface area contributed by atoms with Crippen LogP contribution in [0, 0.1) is 0 Å². The Morgan fingerprint density at radius 1 is 1.24 bits per heavy atom. The van der Waals surface area contributed by atoms with Gasteiger partial charge in [-0.3, -0.25) is 4.90 Å². The Morgan fingerprint density at radius 2 is 2.00 bits per heavy atom. The van der Waals surface area contributed by atoms with Crippen LogP contribution in [-0.2, 0) is 6.42 Å². The molecule has 0 saturated carbocycles. The highest BCUT2D eigenvalue weighted by molar-refractivity contribution is 5.42. The van der Waals surface area contributed by atoms with Gasteiger partial charge in [0, 0.05) is 25.2 Å². The minimum Gasteiger partial charge on any atom is -0.497 e. The average Bonchev–Trinajstić information content (AvgIpc) is 2.83. The number of methoxy groups -OCH3 is 1. The number of hydrogen-bond acceptors (Lipinski definition) is 4. The summed E-state index contributed by atoms with van der Waals surface area (Å²) in [5.74, 6) is 0.952. The summed E-state index contributed by atoms with van der Waals surface area (Å²) in [7, 11) is 8.23. The van der Waals surface area contributed by atoms with Crippen molar-refractivity contribution in [1.29, 1.82) is 0 Å². The predicted molar refractivity (Wildman–Crippen MR) is 88.1 cm³/mol. The van der Waals surface area contributed by atoms with E-state index in [4.69, 9.17) is 4.74 Å². The molecule has 0 aliphatic heterocycles. The Morgan fingerprint density at radius 3 is 2.62 bits per heavy atom. The van der Waals surface area contributed by atoms with Gasteiger partial charge in [0.25, 0.3) is 0 Å². The molecule has 1 aromatic rings. The summed E-state index contributed by atoms with van der Waals surface area (Å²) < 4.78 is 5.39. The average molecular weight is 291 g/mol. The van der Waals surface area contributed by atoms with Crippen molar-refractivity contribution in [3.8, 4) is 5.75 Å². The van der Waals surface area contributed by atoms with E-state index >= 15 is 0 Å². The molecule has 0 heterocycles. The molecule has 0 amide bonds. The lowest BCUT2D eigenvalue weighted by atomic mass is 10.1. The molecule has 0 radical (unpaired) electrons. The van der Waals surface area contributed by atoms with Crippen molar-refractivity contribution in [3.05, 3.63) is 29.3 Å². The van der Waals surface area contributed by atoms with Crippen LogP contribution in [0.5, 0.6) is 5.75 Å². The zero-order valence-corrected chi connectivity index (χ0v) is 14.0. The Balaban J connectivity index is 2.16. The molecule has 0 spiro atoms. The third-order valence-electron chi connectivity index (χ3n) is 4.39. The number of fused-ring (bicyclic) bond motifs is 1. The summed E-state index contributed by atoms with van der Waals surface area (Å²) in [6.45, 7) is 5.34. The van der Waals surface area contributed by atoms with Crippen molar-refractivity contribution in [2.24, 2.45) is 0 Å². The van der Waals surface area contributed by atoms with E-state index < -0.39 is 0 Å². The van der Waals surface area contributed by atoms with Gasteiger partial charge in [0.15, 0.2) is 0 Å². The molecular weight excluding hydrogens is 262 g/mol. The summed E-state index contributed by atoms with van der Waals surface area (Å²) in [6, 6.07) is 7.41. The van der Waals surface area contributed by atoms with Crippen molar-refractivity contribution in [1.82, 2.24) is 15.1 Å². The molecule has 1 N–H and O–H groups in total. The first-order valence-electron chi connectivity index (χ1n) is 7.82. The number of rotatable bonds is 7. The van der Waals surface area contributed by atoms with Crippen molar-refractivity contribution in [2.75, 3.05) is 47.9 Å². The van der Waals surface area contributed by atoms with Gasteiger partial charge in [-0.05, 0) is 57.4 Å². The minimum atomic E-state index is 0.396. The third kappa shape index (κ3) is 3.76. The minimum absolute atomic E-state index is 0.396. The fourth-order valence-electron chi connectivity index (χ4n) is 3.13. The highest BCUT2D eigenvalue weighted by atomic mass is 16.5. The number of hydrogen-bond donors (Lipinski definition) is 1. The van der Waals surface area contributed by atoms with Crippen molar-refractivity contribution < 1.29 is 4.74 Å². The maximum atomic E-state index is 5.39. The quantitative estimate of drug-likeness (QED) is 0.828. The van der Waals surface area contributed by atoms with E-state index in [0.29, 0.717) is 12.1 Å². The van der Waals surface area contributed by atoms with Gasteiger partial charge in [0.2, 0.25) is 0 Å². The van der Waals surface area contributed by atoms with Gasteiger partial charge in [0.1, 0.15) is 5.75 Å². The summed E-state index contributed by atoms with van der Waals surface area (Å²) in [5, 5.41) is 3.66. The summed E-state index contributed by atoms with van der Waals surface area (Å²) in [5.41, 5.74) is 2.85. The second kappa shape index (κ2) is 7.25. The van der Waals surface area contributed by atoms with E-state index in [9.17, 15) is 0 Å². The molecule has 2 rings (SSSR count). The Hall–Kier alpha value is -1.10. The summed E-state index contributed by atoms with van der Waals surface area (Å²) in [6.07, 6.45) is 1.11. The van der Waals surface area contributed by atoms with Gasteiger partial charge >= 0.3 is 0 Å². The van der Waals surface area contributed by atoms with E-state index in [1.165, 1.54) is 11.1 Å². The van der Waals surface area contributed by atoms with Crippen LogP contribution in [0.15, 0.2) is 18.2 Å². The Kier molecular flexibility index (Phi) is 5.62. The van der Waals surface area contributed by atoms with E-state index in [-0.39, 0.29) is 0 Å². The van der Waals surface area contributed by atoms with Crippen LogP contribution >= 0.6 is 0 Å². The van der Waals surface area contributed by atoms with E-state index in [1.807, 2.05) is 0 Å². The molecule has 4 nitrogen and oxygen atoms in total. The first-order chi connectivity index (χ1) is 10.1. The van der Waals surface area contributed by atoms with Gasteiger partial charge in [0.05, 0.1) is 7.11 Å². The van der Waals surface area contributed by atoms with Crippen LogP contribution in [-0.4, -0.2) is 63.7 Å². The maximum Gasteiger partial charge on any atom is 0.119 e. The highest BCUT2D eigenvalue weighted by Crippen LogP contribution is 2.36. The van der Waals surface area contributed by atoms with E-state index in [2.05, 4.69) is 61.4 Å². The first kappa shape index (κ1) is 16.3. The largest absolute Gasteiger partial charge is 0.497 e. The normalized spacial score (nSPS) is 21.1. The highest BCUT2D eigenvalue weighted by Gasteiger charge is 2.34. The van der Waals surface area contributed by atoms with E-state index in [1.54, 1.807) is 7.11 Å². The van der Waals surface area contributed by atoms with Crippen LogP contribution in [0.1, 0.15) is 24.1 Å². The predicted octanol–water partition coefficient (Wildman–Crippen LogP) is 1.76. The van der Waals surface area contributed by atoms with Crippen molar-refractivity contribution >= 4 is 0 Å². The smallest absolute Gasteiger partial charge is 0.119 e. The zero-order valence-electron chi connectivity index (χ0n) is 14.0. The fraction of sp³-hybridized carbons (Fsp3) is 0.647. The monoisotopic (exact) mass is 291 g/mol. The van der Waals surface area contributed by atoms with Gasteiger partial charge in [-0.25, -0.2) is 0 Å². The molecule has 0 saturated heterocycles. The second-order valence-corrected chi connectivity index (χ2v) is 6.16. The summed E-state index contributed by atoms with van der Waals surface area (Å²) >= 11 is 0. The number of benzene rings is 1. The molecular formula is C17H29N3O. The number of nitrogens with zero attached hydrogens (tertiary/aromatic N) is 2. The van der Waals surface area contributed by atoms with Crippen LogP contribution in [0.25, 0.3) is 0 Å². The second-order valence-electron chi connectivity index (χ2n) is 6.16. The molecule has 0 bridgehead atoms. The number of likely N-dealkylation sites (N-methyl/N-ethyl adjacent to an activating group) is 3. The lowest BCUT2D eigenvalue weighted by Crippen LogP contribution is -2.43. The lowest BCUT2D eigenvalue weighted by molar-refractivity contribution is 0.188. The zero-order chi connectivity index (χ0) is 15.4. The van der Waals surface area contributed by atoms with Crippen molar-refractivity contribution in [2.45, 2.75) is 25.4 Å². The molecule has 1 aromatic carbocycles. The fourth-order valence-corrected chi connectivity index (χ4v) is 3.13. The molecule has 1 aliphatic rings.